The van der Waals surface area contributed by atoms with Crippen molar-refractivity contribution in [1.82, 2.24) is 5.43 Å². The number of amides is 1. The molecule has 0 heterocycles. The fraction of sp³-hybridized carbons (Fsp3) is 0.222. The van der Waals surface area contributed by atoms with Gasteiger partial charge in [0.2, 0.25) is 10.0 Å². The molecule has 0 bridgehead atoms. The van der Waals surface area contributed by atoms with E-state index in [1.54, 1.807) is 23.9 Å². The maximum Gasteiger partial charge on any atom is 0.417 e. The van der Waals surface area contributed by atoms with E-state index >= 15 is 0 Å². The van der Waals surface area contributed by atoms with E-state index in [0.717, 1.165) is 23.3 Å². The molecule has 0 aliphatic carbocycles. The Morgan fingerprint density at radius 2 is 1.87 bits per heavy atom. The largest absolute Gasteiger partial charge is 0.417 e. The molecule has 1 amide bonds. The van der Waals surface area contributed by atoms with Crippen molar-refractivity contribution in [2.45, 2.75) is 11.1 Å². The highest BCUT2D eigenvalue weighted by Gasteiger charge is 2.34. The van der Waals surface area contributed by atoms with Crippen molar-refractivity contribution in [2.75, 3.05) is 23.4 Å². The molecule has 0 aliphatic heterocycles. The summed E-state index contributed by atoms with van der Waals surface area (Å²) in [5, 5.41) is 3.16. The standard InChI is InChI=1S/C18H17ClF3N3O3S2/c1-29-14-6-3-12(4-7-14)10-23-24-17(26)11-25(30(2,27)28)13-5-8-16(19)15(9-13)18(20,21)22/h3-10H,11H2,1-2H3,(H,24,26)/b23-10-. The Balaban J connectivity index is 2.17. The van der Waals surface area contributed by atoms with Crippen LogP contribution in [-0.2, 0) is 21.0 Å². The summed E-state index contributed by atoms with van der Waals surface area (Å²) >= 11 is 7.12. The fourth-order valence-electron chi connectivity index (χ4n) is 2.32. The first-order valence-electron chi connectivity index (χ1n) is 8.22. The molecule has 0 aromatic heterocycles. The molecule has 0 aliphatic rings. The van der Waals surface area contributed by atoms with Crippen molar-refractivity contribution in [2.24, 2.45) is 5.10 Å². The Kier molecular flexibility index (Phi) is 7.78. The molecule has 0 spiro atoms. The van der Waals surface area contributed by atoms with E-state index in [0.29, 0.717) is 15.9 Å². The molecule has 2 aromatic carbocycles. The number of hydrazone groups is 1. The molecule has 0 saturated heterocycles. The summed E-state index contributed by atoms with van der Waals surface area (Å²) in [6, 6.07) is 9.85. The first kappa shape index (κ1) is 24.0. The summed E-state index contributed by atoms with van der Waals surface area (Å²) in [6.45, 7) is -0.763. The van der Waals surface area contributed by atoms with Crippen LogP contribution in [0.2, 0.25) is 5.02 Å². The lowest BCUT2D eigenvalue weighted by atomic mass is 10.2. The third-order valence-corrected chi connectivity index (χ3v) is 5.96. The Labute approximate surface area is 181 Å². The Morgan fingerprint density at radius 3 is 2.40 bits per heavy atom. The van der Waals surface area contributed by atoms with E-state index in [1.165, 1.54) is 6.21 Å². The SMILES string of the molecule is CSc1ccc(/C=N\NC(=O)CN(c2ccc(Cl)c(C(F)(F)F)c2)S(C)(=O)=O)cc1. The van der Waals surface area contributed by atoms with Crippen molar-refractivity contribution in [1.29, 1.82) is 0 Å². The average Bonchev–Trinajstić information content (AvgIpc) is 2.65. The second-order valence-corrected chi connectivity index (χ2v) is 9.19. The number of thioether (sulfide) groups is 1. The van der Waals surface area contributed by atoms with Crippen LogP contribution in [-0.4, -0.2) is 39.6 Å². The molecule has 0 unspecified atom stereocenters. The van der Waals surface area contributed by atoms with E-state index in [2.05, 4.69) is 10.5 Å². The summed E-state index contributed by atoms with van der Waals surface area (Å²) < 4.78 is 63.9. The molecule has 0 radical (unpaired) electrons. The highest BCUT2D eigenvalue weighted by atomic mass is 35.5. The summed E-state index contributed by atoms with van der Waals surface area (Å²) in [4.78, 5) is 13.2. The minimum Gasteiger partial charge on any atom is -0.271 e. The van der Waals surface area contributed by atoms with Crippen LogP contribution in [0.3, 0.4) is 0 Å². The molecule has 6 nitrogen and oxygen atoms in total. The molecule has 0 atom stereocenters. The highest BCUT2D eigenvalue weighted by molar-refractivity contribution is 7.98. The van der Waals surface area contributed by atoms with Gasteiger partial charge in [-0.1, -0.05) is 23.7 Å². The summed E-state index contributed by atoms with van der Waals surface area (Å²) in [5.41, 5.74) is 1.30. The molecule has 12 heteroatoms. The van der Waals surface area contributed by atoms with Gasteiger partial charge in [-0.05, 0) is 42.2 Å². The van der Waals surface area contributed by atoms with Gasteiger partial charge in [-0.2, -0.15) is 18.3 Å². The van der Waals surface area contributed by atoms with E-state index in [9.17, 15) is 26.4 Å². The number of alkyl halides is 3. The quantitative estimate of drug-likeness (QED) is 0.370. The first-order chi connectivity index (χ1) is 13.9. The van der Waals surface area contributed by atoms with E-state index in [-0.39, 0.29) is 5.69 Å². The maximum absolute atomic E-state index is 13.1. The normalized spacial score (nSPS) is 12.2. The zero-order chi connectivity index (χ0) is 22.5. The molecule has 1 N–H and O–H groups in total. The summed E-state index contributed by atoms with van der Waals surface area (Å²) in [7, 11) is -4.07. The number of nitrogens with one attached hydrogen (secondary N) is 1. The number of halogens is 4. The van der Waals surface area contributed by atoms with Gasteiger partial charge in [0.15, 0.2) is 0 Å². The summed E-state index contributed by atoms with van der Waals surface area (Å²) in [6.07, 6.45) is -0.723. The summed E-state index contributed by atoms with van der Waals surface area (Å²) in [5.74, 6) is -0.832. The van der Waals surface area contributed by atoms with Gasteiger partial charge in [-0.3, -0.25) is 9.10 Å². The minimum atomic E-state index is -4.78. The van der Waals surface area contributed by atoms with Crippen LogP contribution in [0.15, 0.2) is 52.5 Å². The number of sulfonamides is 1. The van der Waals surface area contributed by atoms with Gasteiger partial charge < -0.3 is 0 Å². The molecular weight excluding hydrogens is 463 g/mol. The zero-order valence-corrected chi connectivity index (χ0v) is 18.2. The number of nitrogens with zero attached hydrogens (tertiary/aromatic N) is 2. The molecule has 0 saturated carbocycles. The molecule has 162 valence electrons. The van der Waals surface area contributed by atoms with E-state index in [4.69, 9.17) is 11.6 Å². The second kappa shape index (κ2) is 9.71. The van der Waals surface area contributed by atoms with Crippen LogP contribution >= 0.6 is 23.4 Å². The number of carbonyl (C=O) groups excluding carboxylic acids is 1. The lowest BCUT2D eigenvalue weighted by molar-refractivity contribution is -0.137. The zero-order valence-electron chi connectivity index (χ0n) is 15.8. The fourth-order valence-corrected chi connectivity index (χ4v) is 3.80. The molecule has 30 heavy (non-hydrogen) atoms. The van der Waals surface area contributed by atoms with Crippen LogP contribution in [0.25, 0.3) is 0 Å². The monoisotopic (exact) mass is 479 g/mol. The van der Waals surface area contributed by atoms with Gasteiger partial charge in [0, 0.05) is 4.90 Å². The number of hydrogen-bond donors (Lipinski definition) is 1. The van der Waals surface area contributed by atoms with E-state index < -0.39 is 39.2 Å². The van der Waals surface area contributed by atoms with E-state index in [1.807, 2.05) is 18.4 Å². The maximum atomic E-state index is 13.1. The predicted molar refractivity (Wildman–Crippen MR) is 113 cm³/mol. The first-order valence-corrected chi connectivity index (χ1v) is 11.7. The molecular formula is C18H17ClF3N3O3S2. The number of benzene rings is 2. The average molecular weight is 480 g/mol. The molecule has 0 fully saturated rings. The number of rotatable bonds is 7. The van der Waals surface area contributed by atoms with Crippen LogP contribution < -0.4 is 9.73 Å². The van der Waals surface area contributed by atoms with Crippen LogP contribution in [0.5, 0.6) is 0 Å². The molecule has 2 aromatic rings. The highest BCUT2D eigenvalue weighted by Crippen LogP contribution is 2.37. The lowest BCUT2D eigenvalue weighted by Gasteiger charge is -2.22. The van der Waals surface area contributed by atoms with Gasteiger partial charge in [-0.15, -0.1) is 11.8 Å². The minimum absolute atomic E-state index is 0.346. The third kappa shape index (κ3) is 6.64. The number of anilines is 1. The third-order valence-electron chi connectivity index (χ3n) is 3.75. The van der Waals surface area contributed by atoms with Crippen molar-refractivity contribution in [3.63, 3.8) is 0 Å². The molecule has 2 rings (SSSR count). The lowest BCUT2D eigenvalue weighted by Crippen LogP contribution is -2.39. The van der Waals surface area contributed by atoms with Gasteiger partial charge in [0.25, 0.3) is 5.91 Å². The van der Waals surface area contributed by atoms with Crippen molar-refractivity contribution >= 4 is 51.2 Å². The second-order valence-electron chi connectivity index (χ2n) is 6.00. The van der Waals surface area contributed by atoms with Crippen LogP contribution in [0, 0.1) is 0 Å². The van der Waals surface area contributed by atoms with Crippen molar-refractivity contribution in [3.05, 3.63) is 58.6 Å². The Hall–Kier alpha value is -2.24. The Bertz CT molecular complexity index is 1040. The van der Waals surface area contributed by atoms with Crippen LogP contribution in [0.1, 0.15) is 11.1 Å². The topological polar surface area (TPSA) is 78.8 Å². The van der Waals surface area contributed by atoms with Crippen molar-refractivity contribution < 1.29 is 26.4 Å². The smallest absolute Gasteiger partial charge is 0.271 e. The Morgan fingerprint density at radius 1 is 1.23 bits per heavy atom. The van der Waals surface area contributed by atoms with Gasteiger partial charge in [0.1, 0.15) is 6.54 Å². The van der Waals surface area contributed by atoms with Crippen molar-refractivity contribution in [3.8, 4) is 0 Å². The van der Waals surface area contributed by atoms with Crippen LogP contribution in [0.4, 0.5) is 18.9 Å². The number of hydrogen-bond acceptors (Lipinski definition) is 5. The van der Waals surface area contributed by atoms with Gasteiger partial charge in [-0.25, -0.2) is 13.8 Å². The number of carbonyl (C=O) groups is 1. The predicted octanol–water partition coefficient (Wildman–Crippen LogP) is 4.00. The van der Waals surface area contributed by atoms with Gasteiger partial charge >= 0.3 is 6.18 Å². The van der Waals surface area contributed by atoms with Gasteiger partial charge in [0.05, 0.1) is 28.7 Å².